The molecule has 3 rings (SSSR count). The minimum Gasteiger partial charge on any atom is -0.410 e. The van der Waals surface area contributed by atoms with Gasteiger partial charge in [-0.2, -0.15) is 0 Å². The fourth-order valence-corrected chi connectivity index (χ4v) is 5.22. The zero-order chi connectivity index (χ0) is 21.6. The molecular formula is C17H17F2N3O5S2. The Morgan fingerprint density at radius 1 is 0.897 bits per heavy atom. The number of alkyl halides is 2. The van der Waals surface area contributed by atoms with Crippen molar-refractivity contribution in [3.63, 3.8) is 0 Å². The summed E-state index contributed by atoms with van der Waals surface area (Å²) in [4.78, 5) is -0.680. The van der Waals surface area contributed by atoms with E-state index in [4.69, 9.17) is 10.3 Å². The average Bonchev–Trinajstić information content (AvgIpc) is 2.93. The Bertz CT molecular complexity index is 1240. The highest BCUT2D eigenvalue weighted by Crippen LogP contribution is 2.43. The monoisotopic (exact) mass is 445 g/mol. The Hall–Kier alpha value is -2.41. The van der Waals surface area contributed by atoms with Crippen LogP contribution in [0.3, 0.4) is 0 Å². The number of nitrogens with zero attached hydrogens (tertiary/aromatic N) is 1. The van der Waals surface area contributed by atoms with Crippen LogP contribution < -0.4 is 10.3 Å². The van der Waals surface area contributed by atoms with E-state index >= 15 is 0 Å². The van der Waals surface area contributed by atoms with Crippen molar-refractivity contribution in [3.05, 3.63) is 46.5 Å². The fourth-order valence-electron chi connectivity index (χ4n) is 3.61. The number of sulfonamides is 2. The number of rotatable bonds is 6. The van der Waals surface area contributed by atoms with Crippen molar-refractivity contribution in [1.29, 1.82) is 0 Å². The van der Waals surface area contributed by atoms with E-state index in [0.717, 1.165) is 0 Å². The smallest absolute Gasteiger partial charge is 0.238 e. The van der Waals surface area contributed by atoms with Gasteiger partial charge >= 0.3 is 0 Å². The third kappa shape index (κ3) is 3.64. The lowest BCUT2D eigenvalue weighted by molar-refractivity contribution is 0.319. The molecule has 8 nitrogen and oxygen atoms in total. The van der Waals surface area contributed by atoms with Crippen LogP contribution in [0.2, 0.25) is 0 Å². The molecule has 1 aliphatic carbocycles. The number of fused-ring (bicyclic) bond motifs is 3. The Labute approximate surface area is 165 Å². The van der Waals surface area contributed by atoms with Crippen LogP contribution >= 0.6 is 0 Å². The first kappa shape index (κ1) is 21.3. The summed E-state index contributed by atoms with van der Waals surface area (Å²) in [6, 6.07) is 5.19. The van der Waals surface area contributed by atoms with Crippen LogP contribution in [0.25, 0.3) is 11.1 Å². The van der Waals surface area contributed by atoms with Crippen LogP contribution in [-0.2, 0) is 32.9 Å². The molecule has 0 amide bonds. The van der Waals surface area contributed by atoms with Gasteiger partial charge in [0.1, 0.15) is 5.71 Å². The summed E-state index contributed by atoms with van der Waals surface area (Å²) in [5.74, 6) is 0. The Morgan fingerprint density at radius 2 is 1.55 bits per heavy atom. The van der Waals surface area contributed by atoms with Gasteiger partial charge in [0.15, 0.2) is 0 Å². The third-order valence-corrected chi connectivity index (χ3v) is 6.64. The van der Waals surface area contributed by atoms with Gasteiger partial charge in [-0.3, -0.25) is 8.78 Å². The quantitative estimate of drug-likeness (QED) is 0.385. The summed E-state index contributed by atoms with van der Waals surface area (Å²) in [6.07, 6.45) is -0.669. The molecule has 0 bridgehead atoms. The van der Waals surface area contributed by atoms with Gasteiger partial charge in [-0.25, -0.2) is 27.1 Å². The first-order valence-electron chi connectivity index (χ1n) is 8.28. The molecule has 0 spiro atoms. The molecule has 2 aromatic carbocycles. The van der Waals surface area contributed by atoms with Gasteiger partial charge < -0.3 is 5.21 Å². The number of primary sulfonamides is 2. The van der Waals surface area contributed by atoms with E-state index in [1.807, 2.05) is 0 Å². The first-order chi connectivity index (χ1) is 13.5. The lowest BCUT2D eigenvalue weighted by atomic mass is 9.94. The van der Waals surface area contributed by atoms with E-state index in [9.17, 15) is 30.8 Å². The van der Waals surface area contributed by atoms with E-state index in [0.29, 0.717) is 11.1 Å². The SMILES string of the molecule is NS(=O)(=O)c1ccc2c(c1)C(=NO)c1c-2cc(CCF)c(S(N)(=O)=O)c1CCF. The molecule has 12 heteroatoms. The minimum atomic E-state index is -4.37. The third-order valence-electron chi connectivity index (χ3n) is 4.65. The highest BCUT2D eigenvalue weighted by atomic mass is 32.2. The standard InChI is InChI=1S/C17H17F2N3O5S2/c18-5-3-9-7-13-11-2-1-10(28(20,24)25)8-14(11)16(22-23)15(13)12(4-6-19)17(9)29(21,26)27/h1-2,7-8,23H,3-6H2,(H2,20,24,25)(H2,21,26,27). The number of nitrogens with two attached hydrogens (primary N) is 2. The lowest BCUT2D eigenvalue weighted by Crippen LogP contribution is -2.20. The van der Waals surface area contributed by atoms with Crippen molar-refractivity contribution in [2.45, 2.75) is 22.6 Å². The maximum Gasteiger partial charge on any atom is 0.238 e. The summed E-state index contributed by atoms with van der Waals surface area (Å²) in [7, 11) is -8.44. The zero-order valence-corrected chi connectivity index (χ0v) is 16.5. The maximum absolute atomic E-state index is 13.3. The Balaban J connectivity index is 2.45. The van der Waals surface area contributed by atoms with Crippen molar-refractivity contribution in [2.75, 3.05) is 13.3 Å². The van der Waals surface area contributed by atoms with Crippen LogP contribution in [0.15, 0.2) is 39.2 Å². The molecule has 0 aromatic heterocycles. The Kier molecular flexibility index (Phi) is 5.47. The molecule has 0 aliphatic heterocycles. The van der Waals surface area contributed by atoms with E-state index in [1.165, 1.54) is 24.3 Å². The molecule has 0 radical (unpaired) electrons. The van der Waals surface area contributed by atoms with Crippen LogP contribution in [-0.4, -0.2) is 41.1 Å². The molecule has 0 heterocycles. The molecule has 0 fully saturated rings. The number of oxime groups is 1. The highest BCUT2D eigenvalue weighted by Gasteiger charge is 2.34. The molecular weight excluding hydrogens is 428 g/mol. The number of benzene rings is 2. The van der Waals surface area contributed by atoms with Gasteiger partial charge in [0.2, 0.25) is 20.0 Å². The van der Waals surface area contributed by atoms with Gasteiger partial charge in [-0.1, -0.05) is 11.2 Å². The average molecular weight is 445 g/mol. The zero-order valence-electron chi connectivity index (χ0n) is 14.9. The van der Waals surface area contributed by atoms with Crippen LogP contribution in [0, 0.1) is 0 Å². The van der Waals surface area contributed by atoms with Crippen molar-refractivity contribution < 1.29 is 30.8 Å². The second-order valence-electron chi connectivity index (χ2n) is 6.39. The number of hydrogen-bond donors (Lipinski definition) is 3. The largest absolute Gasteiger partial charge is 0.410 e. The van der Waals surface area contributed by atoms with Gasteiger partial charge in [-0.15, -0.1) is 0 Å². The summed E-state index contributed by atoms with van der Waals surface area (Å²) in [5, 5.41) is 23.2. The van der Waals surface area contributed by atoms with Crippen molar-refractivity contribution in [2.24, 2.45) is 15.4 Å². The lowest BCUT2D eigenvalue weighted by Gasteiger charge is -2.17. The van der Waals surface area contributed by atoms with E-state index in [-0.39, 0.29) is 45.7 Å². The molecule has 0 atom stereocenters. The Morgan fingerprint density at radius 3 is 2.07 bits per heavy atom. The predicted octanol–water partition coefficient (Wildman–Crippen LogP) is 1.21. The van der Waals surface area contributed by atoms with Crippen LogP contribution in [0.5, 0.6) is 0 Å². The number of aryl methyl sites for hydroxylation is 1. The van der Waals surface area contributed by atoms with E-state index < -0.39 is 38.3 Å². The van der Waals surface area contributed by atoms with Gasteiger partial charge in [0, 0.05) is 24.0 Å². The van der Waals surface area contributed by atoms with Crippen molar-refractivity contribution in [3.8, 4) is 11.1 Å². The molecule has 156 valence electrons. The maximum atomic E-state index is 13.3. The first-order valence-corrected chi connectivity index (χ1v) is 11.4. The van der Waals surface area contributed by atoms with E-state index in [2.05, 4.69) is 5.16 Å². The van der Waals surface area contributed by atoms with Gasteiger partial charge in [0.25, 0.3) is 0 Å². The second kappa shape index (κ2) is 7.44. The summed E-state index contributed by atoms with van der Waals surface area (Å²) >= 11 is 0. The molecule has 29 heavy (non-hydrogen) atoms. The number of halogens is 2. The fraction of sp³-hybridized carbons (Fsp3) is 0.235. The van der Waals surface area contributed by atoms with Crippen LogP contribution in [0.1, 0.15) is 22.3 Å². The van der Waals surface area contributed by atoms with Crippen molar-refractivity contribution >= 4 is 25.8 Å². The summed E-state index contributed by atoms with van der Waals surface area (Å²) in [6.45, 7) is -1.83. The van der Waals surface area contributed by atoms with E-state index in [1.54, 1.807) is 0 Å². The number of hydrogen-bond acceptors (Lipinski definition) is 6. The van der Waals surface area contributed by atoms with Crippen molar-refractivity contribution in [1.82, 2.24) is 0 Å². The van der Waals surface area contributed by atoms with Gasteiger partial charge in [-0.05, 0) is 40.5 Å². The topological polar surface area (TPSA) is 153 Å². The van der Waals surface area contributed by atoms with Crippen LogP contribution in [0.4, 0.5) is 8.78 Å². The molecule has 0 saturated carbocycles. The highest BCUT2D eigenvalue weighted by molar-refractivity contribution is 7.89. The summed E-state index contributed by atoms with van der Waals surface area (Å²) in [5.41, 5.74) is 0.857. The summed E-state index contributed by atoms with van der Waals surface area (Å²) < 4.78 is 74.2. The van der Waals surface area contributed by atoms with Gasteiger partial charge in [0.05, 0.1) is 23.1 Å². The normalized spacial score (nSPS) is 14.8. The molecule has 2 aromatic rings. The molecule has 0 saturated heterocycles. The minimum absolute atomic E-state index is 0.0536. The predicted molar refractivity (Wildman–Crippen MR) is 101 cm³/mol. The molecule has 0 unspecified atom stereocenters. The molecule has 1 aliphatic rings. The second-order valence-corrected chi connectivity index (χ2v) is 9.45. The molecule has 5 N–H and O–H groups in total.